The number of aliphatic hydroxyl groups excluding tert-OH is 1. The Kier molecular flexibility index (Phi) is 10.4. The number of para-hydroxylation sites is 1. The number of carbonyl (C=O) groups is 2. The van der Waals surface area contributed by atoms with Gasteiger partial charge < -0.3 is 25.2 Å². The lowest BCUT2D eigenvalue weighted by atomic mass is 9.45. The average molecular weight is 710 g/mol. The summed E-state index contributed by atoms with van der Waals surface area (Å²) in [5, 5.41) is 18.8. The molecule has 3 saturated carbocycles. The number of amides is 2. The van der Waals surface area contributed by atoms with Crippen LogP contribution in [0.15, 0.2) is 60.7 Å². The van der Waals surface area contributed by atoms with Gasteiger partial charge in [-0.25, -0.2) is 0 Å². The fourth-order valence-corrected chi connectivity index (χ4v) is 9.74. The van der Waals surface area contributed by atoms with E-state index >= 15 is 0 Å². The lowest BCUT2D eigenvalue weighted by Crippen LogP contribution is -2.62. The Bertz CT molecular complexity index is 1780. The van der Waals surface area contributed by atoms with Gasteiger partial charge in [-0.3, -0.25) is 14.4 Å². The van der Waals surface area contributed by atoms with Gasteiger partial charge >= 0.3 is 0 Å². The molecule has 2 bridgehead atoms. The fourth-order valence-electron chi connectivity index (χ4n) is 9.74. The van der Waals surface area contributed by atoms with Gasteiger partial charge in [-0.2, -0.15) is 5.06 Å². The van der Waals surface area contributed by atoms with Gasteiger partial charge in [0.15, 0.2) is 0 Å². The molecule has 3 aliphatic carbocycles. The zero-order chi connectivity index (χ0) is 36.7. The number of rotatable bonds is 12. The first-order valence-corrected chi connectivity index (χ1v) is 19.1. The van der Waals surface area contributed by atoms with Gasteiger partial charge in [0.2, 0.25) is 5.91 Å². The maximum atomic E-state index is 14.3. The minimum absolute atomic E-state index is 0.0396. The average Bonchev–Trinajstić information content (AvgIpc) is 3.77. The van der Waals surface area contributed by atoms with Gasteiger partial charge in [-0.1, -0.05) is 83.1 Å². The number of hydrogen-bond acceptors (Lipinski definition) is 7. The van der Waals surface area contributed by atoms with Crippen LogP contribution in [0.4, 0.5) is 0 Å². The molecule has 9 heteroatoms. The highest BCUT2D eigenvalue weighted by Gasteiger charge is 2.57. The van der Waals surface area contributed by atoms with E-state index in [4.69, 9.17) is 14.3 Å². The number of benzene rings is 3. The van der Waals surface area contributed by atoms with Crippen molar-refractivity contribution in [3.63, 3.8) is 0 Å². The molecule has 1 saturated heterocycles. The maximum Gasteiger partial charge on any atom is 0.255 e. The summed E-state index contributed by atoms with van der Waals surface area (Å²) in [5.41, 5.74) is 5.52. The zero-order valence-electron chi connectivity index (χ0n) is 31.5. The number of nitrogens with zero attached hydrogens (tertiary/aromatic N) is 1. The predicted octanol–water partition coefficient (Wildman–Crippen LogP) is 6.21. The molecule has 7 atom stereocenters. The molecule has 9 nitrogen and oxygen atoms in total. The Labute approximate surface area is 308 Å². The number of carbonyl (C=O) groups excluding carboxylic acids is 2. The molecule has 3 aromatic rings. The second-order valence-corrected chi connectivity index (χ2v) is 16.3. The van der Waals surface area contributed by atoms with Crippen LogP contribution in [0, 0.1) is 35.0 Å². The topological polar surface area (TPSA) is 109 Å². The first-order valence-electron chi connectivity index (χ1n) is 19.1. The molecule has 278 valence electrons. The summed E-state index contributed by atoms with van der Waals surface area (Å²) < 4.78 is 12.1. The first kappa shape index (κ1) is 36.4. The van der Waals surface area contributed by atoms with Crippen LogP contribution < -0.4 is 20.1 Å². The van der Waals surface area contributed by atoms with E-state index in [0.717, 1.165) is 40.7 Å². The summed E-state index contributed by atoms with van der Waals surface area (Å²) in [4.78, 5) is 34.3. The van der Waals surface area contributed by atoms with Crippen molar-refractivity contribution in [3.8, 4) is 22.6 Å². The highest BCUT2D eigenvalue weighted by molar-refractivity contribution is 5.99. The minimum atomic E-state index is -0.577. The summed E-state index contributed by atoms with van der Waals surface area (Å²) in [6.07, 6.45) is 3.19. The first-order chi connectivity index (χ1) is 25.0. The second-order valence-electron chi connectivity index (χ2n) is 16.3. The largest absolute Gasteiger partial charge is 0.496 e. The highest BCUT2D eigenvalue weighted by atomic mass is 16.7. The molecule has 3 aromatic carbocycles. The van der Waals surface area contributed by atoms with Crippen LogP contribution in [0.1, 0.15) is 74.5 Å². The van der Waals surface area contributed by atoms with E-state index in [9.17, 15) is 14.7 Å². The number of hydrogen-bond donors (Lipinski definition) is 3. The van der Waals surface area contributed by atoms with Gasteiger partial charge in [0, 0.05) is 36.1 Å². The van der Waals surface area contributed by atoms with Crippen molar-refractivity contribution in [1.29, 1.82) is 0 Å². The number of nitrogens with one attached hydrogen (secondary N) is 2. The predicted molar refractivity (Wildman–Crippen MR) is 201 cm³/mol. The Balaban J connectivity index is 1.14. The van der Waals surface area contributed by atoms with Crippen molar-refractivity contribution in [2.24, 2.45) is 35.0 Å². The van der Waals surface area contributed by atoms with Gasteiger partial charge in [0.25, 0.3) is 5.91 Å². The fraction of sp³-hybridized carbons (Fsp3) is 0.535. The number of ether oxygens (including phenoxy) is 2. The van der Waals surface area contributed by atoms with Crippen LogP contribution in [-0.4, -0.2) is 67.0 Å². The number of fused-ring (bicyclic) bond motifs is 3. The van der Waals surface area contributed by atoms with E-state index < -0.39 is 12.1 Å². The molecule has 3 N–H and O–H groups in total. The summed E-state index contributed by atoms with van der Waals surface area (Å²) in [6.45, 7) is 12.4. The molecule has 5 aliphatic rings. The molecule has 52 heavy (non-hydrogen) atoms. The maximum absolute atomic E-state index is 14.3. The number of aliphatic hydroxyl groups is 1. The van der Waals surface area contributed by atoms with Crippen molar-refractivity contribution >= 4 is 11.8 Å². The van der Waals surface area contributed by atoms with Crippen LogP contribution in [-0.2, 0) is 29.0 Å². The third-order valence-electron chi connectivity index (χ3n) is 12.8. The SMILES string of the molecule is COc1c(CN2O[C@@H](CO)[C@H](C(C)C)[C@H]2C(=O)N[C@H]2C[C@H]3C[C@@H]([C@@H]2C)C3(C)C)cccc1-c1cc2c(c(C(=O)NCCc3ccccc3)c1)OCC2. The van der Waals surface area contributed by atoms with E-state index in [0.29, 0.717) is 59.8 Å². The molecular formula is C43H55N3O6. The lowest BCUT2D eigenvalue weighted by molar-refractivity contribution is -0.183. The summed E-state index contributed by atoms with van der Waals surface area (Å²) >= 11 is 0. The van der Waals surface area contributed by atoms with Crippen molar-refractivity contribution in [3.05, 3.63) is 82.9 Å². The molecule has 0 aromatic heterocycles. The van der Waals surface area contributed by atoms with Gasteiger partial charge in [0.05, 0.1) is 32.4 Å². The Morgan fingerprint density at radius 2 is 1.87 bits per heavy atom. The summed E-state index contributed by atoms with van der Waals surface area (Å²) in [7, 11) is 1.65. The monoisotopic (exact) mass is 709 g/mol. The Hall–Kier alpha value is -3.92. The van der Waals surface area contributed by atoms with Gasteiger partial charge in [0.1, 0.15) is 23.6 Å². The van der Waals surface area contributed by atoms with E-state index in [1.165, 1.54) is 6.42 Å². The quantitative estimate of drug-likeness (QED) is 0.205. The molecule has 2 heterocycles. The summed E-state index contributed by atoms with van der Waals surface area (Å²) in [5.74, 6) is 2.62. The third kappa shape index (κ3) is 6.72. The molecule has 2 amide bonds. The Morgan fingerprint density at radius 1 is 1.08 bits per heavy atom. The highest BCUT2D eigenvalue weighted by Crippen LogP contribution is 2.61. The van der Waals surface area contributed by atoms with Crippen LogP contribution >= 0.6 is 0 Å². The molecule has 0 spiro atoms. The van der Waals surface area contributed by atoms with E-state index in [1.807, 2.05) is 42.5 Å². The van der Waals surface area contributed by atoms with Crippen LogP contribution in [0.2, 0.25) is 0 Å². The van der Waals surface area contributed by atoms with Crippen LogP contribution in [0.25, 0.3) is 11.1 Å². The minimum Gasteiger partial charge on any atom is -0.496 e. The normalized spacial score (nSPS) is 27.4. The van der Waals surface area contributed by atoms with Crippen molar-refractivity contribution in [1.82, 2.24) is 15.7 Å². The van der Waals surface area contributed by atoms with E-state index in [1.54, 1.807) is 12.2 Å². The van der Waals surface area contributed by atoms with Crippen molar-refractivity contribution in [2.45, 2.75) is 85.0 Å². The lowest BCUT2D eigenvalue weighted by Gasteiger charge is -2.62. The van der Waals surface area contributed by atoms with Crippen LogP contribution in [0.3, 0.4) is 0 Å². The molecule has 8 rings (SSSR count). The summed E-state index contributed by atoms with van der Waals surface area (Å²) in [6, 6.07) is 19.6. The molecule has 2 aliphatic heterocycles. The van der Waals surface area contributed by atoms with E-state index in [2.05, 4.69) is 63.5 Å². The molecule has 4 fully saturated rings. The van der Waals surface area contributed by atoms with Crippen molar-refractivity contribution in [2.75, 3.05) is 26.9 Å². The number of hydroxylamine groups is 2. The van der Waals surface area contributed by atoms with Gasteiger partial charge in [-0.15, -0.1) is 0 Å². The zero-order valence-corrected chi connectivity index (χ0v) is 31.5. The number of methoxy groups -OCH3 is 1. The molecule has 0 unspecified atom stereocenters. The van der Waals surface area contributed by atoms with Crippen molar-refractivity contribution < 1.29 is 29.0 Å². The molecular weight excluding hydrogens is 654 g/mol. The standard InChI is InChI=1S/C43H55N3O6/c1-25(2)37-36(24-47)52-46(38(37)42(49)45-35-22-31-21-34(26(35)3)43(31,4)5)23-29-13-10-14-32(39(29)50-6)30-19-28-16-18-51-40(28)33(20-30)41(48)44-17-15-27-11-8-7-9-12-27/h7-14,19-20,25-26,31,34-38,47H,15-18,21-24H2,1-6H3,(H,44,48)(H,45,49)/t26-,31+,34-,35-,36-,37-,38-/m0/s1. The Morgan fingerprint density at radius 3 is 2.56 bits per heavy atom. The van der Waals surface area contributed by atoms with Gasteiger partial charge in [-0.05, 0) is 77.2 Å². The smallest absolute Gasteiger partial charge is 0.255 e. The van der Waals surface area contributed by atoms with E-state index in [-0.39, 0.29) is 42.8 Å². The third-order valence-corrected chi connectivity index (χ3v) is 12.8. The molecule has 0 radical (unpaired) electrons. The van der Waals surface area contributed by atoms with Crippen LogP contribution in [0.5, 0.6) is 11.5 Å². The second kappa shape index (κ2) is 14.8.